The Balaban J connectivity index is 1.17. The monoisotopic (exact) mass is 496 g/mol. The van der Waals surface area contributed by atoms with E-state index in [-0.39, 0.29) is 11.9 Å². The molecule has 0 unspecified atom stereocenters. The predicted octanol–water partition coefficient (Wildman–Crippen LogP) is 5.84. The Bertz CT molecular complexity index is 1170. The van der Waals surface area contributed by atoms with Crippen molar-refractivity contribution in [3.05, 3.63) is 88.2 Å². The van der Waals surface area contributed by atoms with Gasteiger partial charge in [0.1, 0.15) is 17.7 Å². The molecule has 0 spiro atoms. The highest BCUT2D eigenvalue weighted by Gasteiger charge is 2.21. The second kappa shape index (κ2) is 10.9. The predicted molar refractivity (Wildman–Crippen MR) is 135 cm³/mol. The molecule has 5 rings (SSSR count). The van der Waals surface area contributed by atoms with Gasteiger partial charge in [0.25, 0.3) is 0 Å². The summed E-state index contributed by atoms with van der Waals surface area (Å²) in [5.41, 5.74) is 3.04. The van der Waals surface area contributed by atoms with Crippen LogP contribution in [-0.2, 0) is 6.54 Å². The molecule has 0 radical (unpaired) electrons. The van der Waals surface area contributed by atoms with Crippen LogP contribution in [0.15, 0.2) is 60.7 Å². The zero-order valence-electron chi connectivity index (χ0n) is 19.9. The number of fused-ring (bicyclic) bond motifs is 1. The lowest BCUT2D eigenvalue weighted by atomic mass is 10.1. The Kier molecular flexibility index (Phi) is 7.42. The van der Waals surface area contributed by atoms with Gasteiger partial charge in [-0.05, 0) is 66.1 Å². The van der Waals surface area contributed by atoms with Crippen molar-refractivity contribution < 1.29 is 18.6 Å². The van der Waals surface area contributed by atoms with E-state index in [2.05, 4.69) is 21.9 Å². The summed E-state index contributed by atoms with van der Waals surface area (Å²) in [5.74, 6) is 2.15. The van der Waals surface area contributed by atoms with Gasteiger partial charge in [0, 0.05) is 50.7 Å². The van der Waals surface area contributed by atoms with Crippen LogP contribution in [0.1, 0.15) is 29.2 Å². The van der Waals surface area contributed by atoms with Crippen molar-refractivity contribution in [2.75, 3.05) is 39.5 Å². The number of halogens is 2. The quantitative estimate of drug-likeness (QED) is 0.391. The van der Waals surface area contributed by atoms with Crippen molar-refractivity contribution in [1.82, 2.24) is 9.80 Å². The fourth-order valence-corrected chi connectivity index (χ4v) is 4.74. The molecule has 1 fully saturated rings. The number of rotatable bonds is 8. The van der Waals surface area contributed by atoms with Gasteiger partial charge in [-0.15, -0.1) is 0 Å². The van der Waals surface area contributed by atoms with Crippen molar-refractivity contribution in [2.24, 2.45) is 0 Å². The molecule has 3 aromatic rings. The Morgan fingerprint density at radius 3 is 2.54 bits per heavy atom. The Hall–Kier alpha value is -2.80. The minimum absolute atomic E-state index is 0.238. The van der Waals surface area contributed by atoms with Crippen molar-refractivity contribution in [2.45, 2.75) is 26.0 Å². The molecule has 0 bridgehead atoms. The van der Waals surface area contributed by atoms with Gasteiger partial charge in [0.05, 0.1) is 0 Å². The van der Waals surface area contributed by atoms with E-state index in [1.807, 2.05) is 37.3 Å². The lowest BCUT2D eigenvalue weighted by Gasteiger charge is -2.35. The lowest BCUT2D eigenvalue weighted by molar-refractivity contribution is 0.106. The minimum atomic E-state index is -0.250. The van der Waals surface area contributed by atoms with Gasteiger partial charge in [0.15, 0.2) is 11.5 Å². The summed E-state index contributed by atoms with van der Waals surface area (Å²) in [6.07, 6.45) is 0.533. The minimum Gasteiger partial charge on any atom is -0.486 e. The molecular formula is C28H30ClFN2O3. The lowest BCUT2D eigenvalue weighted by Crippen LogP contribution is -2.46. The number of hydrogen-bond acceptors (Lipinski definition) is 5. The van der Waals surface area contributed by atoms with Crippen LogP contribution < -0.4 is 14.2 Å². The van der Waals surface area contributed by atoms with Crippen molar-refractivity contribution in [1.29, 1.82) is 0 Å². The summed E-state index contributed by atoms with van der Waals surface area (Å²) >= 11 is 6.18. The summed E-state index contributed by atoms with van der Waals surface area (Å²) in [6.45, 7) is 8.00. The van der Waals surface area contributed by atoms with Crippen LogP contribution in [0.4, 0.5) is 4.39 Å². The molecule has 0 amide bonds. The molecule has 0 aliphatic carbocycles. The number of benzene rings is 3. The molecule has 5 nitrogen and oxygen atoms in total. The molecule has 2 heterocycles. The molecule has 0 aromatic heterocycles. The van der Waals surface area contributed by atoms with Crippen LogP contribution in [0.3, 0.4) is 0 Å². The molecular weight excluding hydrogens is 467 g/mol. The maximum Gasteiger partial charge on any atom is 0.231 e. The van der Waals surface area contributed by atoms with E-state index < -0.39 is 0 Å². The zero-order chi connectivity index (χ0) is 24.2. The second-order valence-corrected chi connectivity index (χ2v) is 9.57. The summed E-state index contributed by atoms with van der Waals surface area (Å²) in [5, 5.41) is 0.707. The molecule has 7 heteroatoms. The van der Waals surface area contributed by atoms with Crippen LogP contribution in [0.5, 0.6) is 17.2 Å². The van der Waals surface area contributed by atoms with Gasteiger partial charge >= 0.3 is 0 Å². The van der Waals surface area contributed by atoms with Crippen molar-refractivity contribution >= 4 is 11.6 Å². The molecule has 1 atom stereocenters. The van der Waals surface area contributed by atoms with Gasteiger partial charge in [-0.25, -0.2) is 4.39 Å². The molecule has 1 saturated heterocycles. The highest BCUT2D eigenvalue weighted by molar-refractivity contribution is 6.31. The molecule has 2 aliphatic heterocycles. The van der Waals surface area contributed by atoms with E-state index in [1.165, 1.54) is 11.6 Å². The average molecular weight is 497 g/mol. The highest BCUT2D eigenvalue weighted by Crippen LogP contribution is 2.33. The van der Waals surface area contributed by atoms with E-state index in [0.717, 1.165) is 74.1 Å². The standard InChI is InChI=1S/C28H30ClFN2O3/c1-20-15-24(6-7-25(20)29)35-26(22-3-2-4-23(30)17-22)9-10-31-11-13-32(14-12-31)18-21-5-8-27-28(16-21)34-19-33-27/h2-8,15-17,26H,9-14,18-19H2,1H3/t26-/m0/s1. The van der Waals surface area contributed by atoms with Crippen LogP contribution >= 0.6 is 11.6 Å². The first-order chi connectivity index (χ1) is 17.0. The van der Waals surface area contributed by atoms with Gasteiger partial charge in [-0.1, -0.05) is 29.8 Å². The molecule has 35 heavy (non-hydrogen) atoms. The first kappa shape index (κ1) is 23.9. The van der Waals surface area contributed by atoms with E-state index >= 15 is 0 Å². The average Bonchev–Trinajstić information content (AvgIpc) is 3.33. The number of nitrogens with zero attached hydrogens (tertiary/aromatic N) is 2. The fourth-order valence-electron chi connectivity index (χ4n) is 4.62. The number of hydrogen-bond donors (Lipinski definition) is 0. The third-order valence-corrected chi connectivity index (χ3v) is 7.07. The summed E-state index contributed by atoms with van der Waals surface area (Å²) in [7, 11) is 0. The van der Waals surface area contributed by atoms with Crippen LogP contribution in [0.25, 0.3) is 0 Å². The number of piperazine rings is 1. The van der Waals surface area contributed by atoms with E-state index in [1.54, 1.807) is 12.1 Å². The number of ether oxygens (including phenoxy) is 3. The Labute approximate surface area is 211 Å². The van der Waals surface area contributed by atoms with Gasteiger partial charge in [-0.3, -0.25) is 4.90 Å². The SMILES string of the molecule is Cc1cc(O[C@@H](CCN2CCN(Cc3ccc4c(c3)OCO4)CC2)c2cccc(F)c2)ccc1Cl. The van der Waals surface area contributed by atoms with Crippen molar-refractivity contribution in [3.8, 4) is 17.2 Å². The van der Waals surface area contributed by atoms with E-state index in [0.29, 0.717) is 11.8 Å². The van der Waals surface area contributed by atoms with E-state index in [4.69, 9.17) is 25.8 Å². The molecule has 184 valence electrons. The summed E-state index contributed by atoms with van der Waals surface area (Å²) in [6, 6.07) is 18.5. The Morgan fingerprint density at radius 2 is 1.74 bits per heavy atom. The second-order valence-electron chi connectivity index (χ2n) is 9.17. The third kappa shape index (κ3) is 6.07. The molecule has 0 saturated carbocycles. The smallest absolute Gasteiger partial charge is 0.231 e. The van der Waals surface area contributed by atoms with Gasteiger partial charge < -0.3 is 19.1 Å². The summed E-state index contributed by atoms with van der Waals surface area (Å²) in [4.78, 5) is 4.92. The topological polar surface area (TPSA) is 34.2 Å². The molecule has 2 aliphatic rings. The summed E-state index contributed by atoms with van der Waals surface area (Å²) < 4.78 is 31.2. The highest BCUT2D eigenvalue weighted by atomic mass is 35.5. The van der Waals surface area contributed by atoms with Crippen LogP contribution in [0.2, 0.25) is 5.02 Å². The maximum atomic E-state index is 14.0. The van der Waals surface area contributed by atoms with Gasteiger partial charge in [0.2, 0.25) is 6.79 Å². The molecule has 0 N–H and O–H groups in total. The maximum absolute atomic E-state index is 14.0. The molecule has 3 aromatic carbocycles. The number of aryl methyl sites for hydroxylation is 1. The van der Waals surface area contributed by atoms with Crippen LogP contribution in [-0.4, -0.2) is 49.3 Å². The van der Waals surface area contributed by atoms with Gasteiger partial charge in [-0.2, -0.15) is 0 Å². The zero-order valence-corrected chi connectivity index (χ0v) is 20.6. The van der Waals surface area contributed by atoms with Crippen LogP contribution in [0, 0.1) is 12.7 Å². The van der Waals surface area contributed by atoms with Crippen molar-refractivity contribution in [3.63, 3.8) is 0 Å². The van der Waals surface area contributed by atoms with E-state index in [9.17, 15) is 4.39 Å². The first-order valence-electron chi connectivity index (χ1n) is 12.0. The first-order valence-corrected chi connectivity index (χ1v) is 12.4. The Morgan fingerprint density at radius 1 is 0.943 bits per heavy atom. The third-order valence-electron chi connectivity index (χ3n) is 6.64. The normalized spacial score (nSPS) is 16.9. The largest absolute Gasteiger partial charge is 0.486 e. The fraction of sp³-hybridized carbons (Fsp3) is 0.357.